The fourth-order valence-electron chi connectivity index (χ4n) is 1.12. The molecule has 4 nitrogen and oxygen atoms in total. The highest BCUT2D eigenvalue weighted by Gasteiger charge is 2.06. The van der Waals surface area contributed by atoms with Crippen LogP contribution < -0.4 is 5.11 Å². The van der Waals surface area contributed by atoms with Crippen LogP contribution in [0.2, 0.25) is 0 Å². The maximum atomic E-state index is 12.6. The lowest BCUT2D eigenvalue weighted by atomic mass is 10.1. The number of halogens is 1. The van der Waals surface area contributed by atoms with Crippen molar-refractivity contribution in [2.45, 2.75) is 0 Å². The number of rotatable bonds is 2. The number of carbonyl (C=O) groups is 1. The Kier molecular flexibility index (Phi) is 2.21. The van der Waals surface area contributed by atoms with Gasteiger partial charge >= 0.3 is 0 Å². The molecule has 2 aromatic rings. The molecule has 0 fully saturated rings. The lowest BCUT2D eigenvalue weighted by Gasteiger charge is -1.93. The monoisotopic (exact) mass is 206 g/mol. The van der Waals surface area contributed by atoms with Crippen molar-refractivity contribution < 1.29 is 18.8 Å². The van der Waals surface area contributed by atoms with Crippen LogP contribution in [0.5, 0.6) is 0 Å². The molecule has 0 aliphatic rings. The molecule has 5 heteroatoms. The minimum Gasteiger partial charge on any atom is -0.543 e. The second kappa shape index (κ2) is 3.53. The van der Waals surface area contributed by atoms with Gasteiger partial charge in [0.2, 0.25) is 0 Å². The first-order valence-electron chi connectivity index (χ1n) is 4.11. The highest BCUT2D eigenvalue weighted by Crippen LogP contribution is 2.20. The molecule has 0 unspecified atom stereocenters. The molecule has 1 aromatic heterocycles. The van der Waals surface area contributed by atoms with E-state index in [1.807, 2.05) is 0 Å². The Morgan fingerprint density at radius 1 is 1.33 bits per heavy atom. The highest BCUT2D eigenvalue weighted by molar-refractivity contribution is 5.84. The van der Waals surface area contributed by atoms with Crippen molar-refractivity contribution in [3.8, 4) is 11.3 Å². The van der Waals surface area contributed by atoms with Crippen molar-refractivity contribution in [2.24, 2.45) is 0 Å². The van der Waals surface area contributed by atoms with E-state index in [1.165, 1.54) is 30.3 Å². The fraction of sp³-hybridized carbons (Fsp3) is 0. The SMILES string of the molecule is O=C([O-])c1cc(-c2ccc(F)cc2)on1. The van der Waals surface area contributed by atoms with Crippen LogP contribution in [0.3, 0.4) is 0 Å². The lowest BCUT2D eigenvalue weighted by Crippen LogP contribution is -2.22. The first-order chi connectivity index (χ1) is 7.16. The molecular formula is C10H5FNO3-. The van der Waals surface area contributed by atoms with Gasteiger partial charge in [-0.1, -0.05) is 5.16 Å². The average molecular weight is 206 g/mol. The quantitative estimate of drug-likeness (QED) is 0.730. The van der Waals surface area contributed by atoms with E-state index in [-0.39, 0.29) is 17.3 Å². The Labute approximate surface area is 83.9 Å². The Balaban J connectivity index is 2.37. The van der Waals surface area contributed by atoms with E-state index in [0.29, 0.717) is 5.56 Å². The predicted octanol–water partition coefficient (Wildman–Crippen LogP) is 0.844. The zero-order chi connectivity index (χ0) is 10.8. The van der Waals surface area contributed by atoms with E-state index in [1.54, 1.807) is 0 Å². The molecule has 0 radical (unpaired) electrons. The van der Waals surface area contributed by atoms with Crippen LogP contribution >= 0.6 is 0 Å². The molecule has 0 bridgehead atoms. The van der Waals surface area contributed by atoms with Gasteiger partial charge in [0, 0.05) is 11.6 Å². The van der Waals surface area contributed by atoms with Crippen LogP contribution in [0.25, 0.3) is 11.3 Å². The summed E-state index contributed by atoms with van der Waals surface area (Å²) in [5.74, 6) is -1.53. The second-order valence-electron chi connectivity index (χ2n) is 2.87. The fourth-order valence-corrected chi connectivity index (χ4v) is 1.12. The summed E-state index contributed by atoms with van der Waals surface area (Å²) in [7, 11) is 0. The minimum atomic E-state index is -1.41. The third kappa shape index (κ3) is 1.85. The van der Waals surface area contributed by atoms with Crippen LogP contribution in [0.15, 0.2) is 34.9 Å². The summed E-state index contributed by atoms with van der Waals surface area (Å²) in [5, 5.41) is 13.7. The third-order valence-corrected chi connectivity index (χ3v) is 1.85. The van der Waals surface area contributed by atoms with E-state index in [2.05, 4.69) is 5.16 Å². The highest BCUT2D eigenvalue weighted by atomic mass is 19.1. The predicted molar refractivity (Wildman–Crippen MR) is 46.2 cm³/mol. The van der Waals surface area contributed by atoms with Crippen molar-refractivity contribution in [1.29, 1.82) is 0 Å². The van der Waals surface area contributed by atoms with Gasteiger partial charge in [-0.25, -0.2) is 4.39 Å². The lowest BCUT2D eigenvalue weighted by molar-refractivity contribution is -0.255. The maximum Gasteiger partial charge on any atom is 0.167 e. The number of carboxylic acid groups (broad SMARTS) is 1. The molecule has 2 rings (SSSR count). The molecule has 1 heterocycles. The standard InChI is InChI=1S/C10H6FNO3/c11-7-3-1-6(2-4-7)9-5-8(10(13)14)12-15-9/h1-5H,(H,13,14)/p-1. The number of hydrogen-bond donors (Lipinski definition) is 0. The number of benzene rings is 1. The number of aromatic carboxylic acids is 1. The van der Waals surface area contributed by atoms with Crippen LogP contribution in [0.1, 0.15) is 10.5 Å². The summed E-state index contributed by atoms with van der Waals surface area (Å²) in [6.45, 7) is 0. The summed E-state index contributed by atoms with van der Waals surface area (Å²) in [6.07, 6.45) is 0. The molecule has 76 valence electrons. The van der Waals surface area contributed by atoms with Gasteiger partial charge in [0.05, 0.1) is 5.97 Å². The molecule has 0 amide bonds. The number of hydrogen-bond acceptors (Lipinski definition) is 4. The topological polar surface area (TPSA) is 66.2 Å². The average Bonchev–Trinajstić information content (AvgIpc) is 2.68. The van der Waals surface area contributed by atoms with E-state index in [0.717, 1.165) is 0 Å². The van der Waals surface area contributed by atoms with Gasteiger partial charge in [0.25, 0.3) is 0 Å². The van der Waals surface area contributed by atoms with Gasteiger partial charge in [0.15, 0.2) is 5.76 Å². The molecule has 15 heavy (non-hydrogen) atoms. The van der Waals surface area contributed by atoms with Crippen molar-refractivity contribution in [2.75, 3.05) is 0 Å². The van der Waals surface area contributed by atoms with Gasteiger partial charge in [0.1, 0.15) is 11.5 Å². The van der Waals surface area contributed by atoms with Gasteiger partial charge in [-0.05, 0) is 24.3 Å². The largest absolute Gasteiger partial charge is 0.543 e. The Hall–Kier alpha value is -2.17. The maximum absolute atomic E-state index is 12.6. The normalized spacial score (nSPS) is 10.2. The smallest absolute Gasteiger partial charge is 0.167 e. The Morgan fingerprint density at radius 2 is 2.00 bits per heavy atom. The second-order valence-corrected chi connectivity index (χ2v) is 2.87. The van der Waals surface area contributed by atoms with Crippen molar-refractivity contribution in [1.82, 2.24) is 5.16 Å². The Morgan fingerprint density at radius 3 is 2.53 bits per heavy atom. The molecule has 0 N–H and O–H groups in total. The molecule has 0 spiro atoms. The summed E-state index contributed by atoms with van der Waals surface area (Å²) in [4.78, 5) is 10.4. The third-order valence-electron chi connectivity index (χ3n) is 1.85. The summed E-state index contributed by atoms with van der Waals surface area (Å²) in [5.41, 5.74) is 0.269. The molecule has 0 saturated heterocycles. The molecule has 0 atom stereocenters. The number of aromatic nitrogens is 1. The van der Waals surface area contributed by atoms with E-state index in [9.17, 15) is 14.3 Å². The van der Waals surface area contributed by atoms with Crippen molar-refractivity contribution >= 4 is 5.97 Å². The first kappa shape index (κ1) is 9.39. The van der Waals surface area contributed by atoms with Gasteiger partial charge in [-0.2, -0.15) is 0 Å². The number of carbonyl (C=O) groups excluding carboxylic acids is 1. The van der Waals surface area contributed by atoms with Gasteiger partial charge in [-0.3, -0.25) is 0 Å². The minimum absolute atomic E-state index is 0.259. The number of carboxylic acids is 1. The molecule has 0 saturated carbocycles. The molecule has 1 aromatic carbocycles. The van der Waals surface area contributed by atoms with E-state index >= 15 is 0 Å². The van der Waals surface area contributed by atoms with E-state index in [4.69, 9.17) is 4.52 Å². The first-order valence-corrected chi connectivity index (χ1v) is 4.11. The van der Waals surface area contributed by atoms with Crippen LogP contribution in [0, 0.1) is 5.82 Å². The number of nitrogens with zero attached hydrogens (tertiary/aromatic N) is 1. The summed E-state index contributed by atoms with van der Waals surface area (Å²) < 4.78 is 17.3. The summed E-state index contributed by atoms with van der Waals surface area (Å²) in [6, 6.07) is 6.65. The Bertz CT molecular complexity index is 490. The van der Waals surface area contributed by atoms with Crippen LogP contribution in [-0.4, -0.2) is 11.1 Å². The summed E-state index contributed by atoms with van der Waals surface area (Å²) >= 11 is 0. The zero-order valence-electron chi connectivity index (χ0n) is 7.44. The van der Waals surface area contributed by atoms with Crippen LogP contribution in [0.4, 0.5) is 4.39 Å². The van der Waals surface area contributed by atoms with Crippen LogP contribution in [-0.2, 0) is 0 Å². The zero-order valence-corrected chi connectivity index (χ0v) is 7.44. The molecular weight excluding hydrogens is 201 g/mol. The van der Waals surface area contributed by atoms with E-state index < -0.39 is 5.97 Å². The van der Waals surface area contributed by atoms with Crippen molar-refractivity contribution in [3.05, 3.63) is 41.8 Å². The van der Waals surface area contributed by atoms with Gasteiger partial charge < -0.3 is 14.4 Å². The van der Waals surface area contributed by atoms with Crippen molar-refractivity contribution in [3.63, 3.8) is 0 Å². The van der Waals surface area contributed by atoms with Gasteiger partial charge in [-0.15, -0.1) is 0 Å². The molecule has 0 aliphatic carbocycles. The molecule has 0 aliphatic heterocycles.